The molecule has 3 aromatic heterocycles. The Bertz CT molecular complexity index is 736. The van der Waals surface area contributed by atoms with Crippen LogP contribution in [-0.2, 0) is 12.0 Å². The second-order valence-corrected chi connectivity index (χ2v) is 6.80. The quantitative estimate of drug-likeness (QED) is 0.804. The molecule has 0 saturated carbocycles. The van der Waals surface area contributed by atoms with Gasteiger partial charge in [-0.3, -0.25) is 0 Å². The summed E-state index contributed by atoms with van der Waals surface area (Å²) in [5, 5.41) is 10.1. The molecule has 3 aromatic rings. The van der Waals surface area contributed by atoms with Gasteiger partial charge in [-0.2, -0.15) is 0 Å². The van der Waals surface area contributed by atoms with Crippen LogP contribution in [0.25, 0.3) is 10.8 Å². The lowest BCUT2D eigenvalue weighted by Gasteiger charge is -2.19. The first-order chi connectivity index (χ1) is 9.95. The molecule has 21 heavy (non-hydrogen) atoms. The van der Waals surface area contributed by atoms with Crippen molar-refractivity contribution in [3.63, 3.8) is 0 Å². The molecular weight excluding hydrogens is 286 g/mol. The fourth-order valence-corrected chi connectivity index (χ4v) is 2.91. The minimum Gasteiger partial charge on any atom is -0.443 e. The van der Waals surface area contributed by atoms with Gasteiger partial charge in [0.15, 0.2) is 5.82 Å². The van der Waals surface area contributed by atoms with Crippen molar-refractivity contribution < 1.29 is 4.42 Å². The van der Waals surface area contributed by atoms with E-state index in [4.69, 9.17) is 10.2 Å². The molecule has 3 heterocycles. The highest BCUT2D eigenvalue weighted by Crippen LogP contribution is 2.27. The van der Waals surface area contributed by atoms with Crippen LogP contribution in [0.4, 0.5) is 5.82 Å². The van der Waals surface area contributed by atoms with E-state index in [0.29, 0.717) is 18.3 Å². The number of rotatable bonds is 3. The van der Waals surface area contributed by atoms with Crippen LogP contribution in [0.3, 0.4) is 0 Å². The average Bonchev–Trinajstić information content (AvgIpc) is 3.09. The Labute approximate surface area is 126 Å². The van der Waals surface area contributed by atoms with Gasteiger partial charge in [-0.05, 0) is 11.4 Å². The van der Waals surface area contributed by atoms with Crippen LogP contribution in [0, 0.1) is 0 Å². The number of hydrogen-bond acceptors (Lipinski definition) is 6. The average molecular weight is 303 g/mol. The van der Waals surface area contributed by atoms with Gasteiger partial charge in [-0.1, -0.05) is 32.1 Å². The zero-order valence-corrected chi connectivity index (χ0v) is 13.0. The summed E-state index contributed by atoms with van der Waals surface area (Å²) >= 11 is 1.60. The Balaban J connectivity index is 1.88. The van der Waals surface area contributed by atoms with Crippen molar-refractivity contribution in [3.8, 4) is 10.8 Å². The number of nitrogens with two attached hydrogens (primary N) is 1. The summed E-state index contributed by atoms with van der Waals surface area (Å²) in [5.41, 5.74) is 7.50. The lowest BCUT2D eigenvalue weighted by Crippen LogP contribution is -2.20. The summed E-state index contributed by atoms with van der Waals surface area (Å²) < 4.78 is 7.30. The highest BCUT2D eigenvalue weighted by Gasteiger charge is 2.24. The van der Waals surface area contributed by atoms with Crippen LogP contribution in [0.5, 0.6) is 0 Å². The molecule has 0 aliphatic rings. The third-order valence-corrected chi connectivity index (χ3v) is 3.92. The lowest BCUT2D eigenvalue weighted by molar-refractivity contribution is 0.498. The molecule has 3 rings (SSSR count). The standard InChI is InChI=1S/C14H17N5OS/c1-14(2,3)11-12(15)17-18-19(11)7-9-8-20-13(16-9)10-5-4-6-21-10/h4-6,8H,7,15H2,1-3H3. The van der Waals surface area contributed by atoms with Crippen molar-refractivity contribution in [2.24, 2.45) is 0 Å². The second kappa shape index (κ2) is 5.00. The molecule has 0 fully saturated rings. The van der Waals surface area contributed by atoms with E-state index < -0.39 is 0 Å². The van der Waals surface area contributed by atoms with Crippen LogP contribution >= 0.6 is 11.3 Å². The maximum atomic E-state index is 5.93. The van der Waals surface area contributed by atoms with Gasteiger partial charge in [0.2, 0.25) is 5.89 Å². The van der Waals surface area contributed by atoms with E-state index in [-0.39, 0.29) is 5.41 Å². The van der Waals surface area contributed by atoms with Gasteiger partial charge in [0.05, 0.1) is 17.1 Å². The van der Waals surface area contributed by atoms with E-state index in [0.717, 1.165) is 16.3 Å². The van der Waals surface area contributed by atoms with Gasteiger partial charge in [0, 0.05) is 5.41 Å². The maximum Gasteiger partial charge on any atom is 0.236 e. The molecule has 0 unspecified atom stereocenters. The van der Waals surface area contributed by atoms with E-state index in [1.165, 1.54) is 0 Å². The SMILES string of the molecule is CC(C)(C)c1c(N)nnn1Cc1coc(-c2cccs2)n1. The first-order valence-corrected chi connectivity index (χ1v) is 7.51. The van der Waals surface area contributed by atoms with Crippen molar-refractivity contribution in [1.82, 2.24) is 20.0 Å². The predicted octanol–water partition coefficient (Wildman–Crippen LogP) is 2.92. The Kier molecular flexibility index (Phi) is 3.29. The van der Waals surface area contributed by atoms with Crippen molar-refractivity contribution in [1.29, 1.82) is 0 Å². The van der Waals surface area contributed by atoms with Gasteiger partial charge >= 0.3 is 0 Å². The van der Waals surface area contributed by atoms with Crippen LogP contribution in [0.2, 0.25) is 0 Å². The third kappa shape index (κ3) is 2.69. The molecule has 6 nitrogen and oxygen atoms in total. The van der Waals surface area contributed by atoms with Gasteiger partial charge in [0.25, 0.3) is 0 Å². The molecule has 2 N–H and O–H groups in total. The molecule has 0 aromatic carbocycles. The monoisotopic (exact) mass is 303 g/mol. The molecule has 0 atom stereocenters. The number of nitrogen functional groups attached to an aromatic ring is 1. The number of anilines is 1. The number of aromatic nitrogens is 4. The molecule has 0 aliphatic carbocycles. The Morgan fingerprint density at radius 1 is 1.38 bits per heavy atom. The van der Waals surface area contributed by atoms with Crippen LogP contribution in [0.15, 0.2) is 28.2 Å². The fraction of sp³-hybridized carbons (Fsp3) is 0.357. The second-order valence-electron chi connectivity index (χ2n) is 5.85. The van der Waals surface area contributed by atoms with Crippen molar-refractivity contribution in [2.75, 3.05) is 5.73 Å². The molecular formula is C14H17N5OS. The van der Waals surface area contributed by atoms with Gasteiger partial charge in [0.1, 0.15) is 12.0 Å². The molecule has 0 amide bonds. The summed E-state index contributed by atoms with van der Waals surface area (Å²) in [4.78, 5) is 5.50. The van der Waals surface area contributed by atoms with Gasteiger partial charge in [-0.15, -0.1) is 16.4 Å². The predicted molar refractivity (Wildman–Crippen MR) is 82.1 cm³/mol. The van der Waals surface area contributed by atoms with E-state index >= 15 is 0 Å². The van der Waals surface area contributed by atoms with E-state index in [1.54, 1.807) is 22.3 Å². The first kappa shape index (κ1) is 13.8. The topological polar surface area (TPSA) is 82.8 Å². The highest BCUT2D eigenvalue weighted by molar-refractivity contribution is 7.13. The number of hydrogen-bond donors (Lipinski definition) is 1. The fourth-order valence-electron chi connectivity index (χ4n) is 2.25. The molecule has 0 bridgehead atoms. The minimum atomic E-state index is -0.131. The molecule has 110 valence electrons. The van der Waals surface area contributed by atoms with Gasteiger partial charge < -0.3 is 10.2 Å². The number of thiophene rings is 1. The van der Waals surface area contributed by atoms with Crippen LogP contribution in [0.1, 0.15) is 32.2 Å². The zero-order chi connectivity index (χ0) is 15.0. The molecule has 7 heteroatoms. The van der Waals surface area contributed by atoms with Gasteiger partial charge in [-0.25, -0.2) is 9.67 Å². The molecule has 0 radical (unpaired) electrons. The summed E-state index contributed by atoms with van der Waals surface area (Å²) in [6.07, 6.45) is 1.65. The van der Waals surface area contributed by atoms with E-state index in [2.05, 4.69) is 36.1 Å². The highest BCUT2D eigenvalue weighted by atomic mass is 32.1. The molecule has 0 spiro atoms. The Hall–Kier alpha value is -2.15. The van der Waals surface area contributed by atoms with Crippen molar-refractivity contribution in [3.05, 3.63) is 35.2 Å². The largest absolute Gasteiger partial charge is 0.443 e. The summed E-state index contributed by atoms with van der Waals surface area (Å²) in [6, 6.07) is 3.95. The number of oxazole rings is 1. The molecule has 0 aliphatic heterocycles. The smallest absolute Gasteiger partial charge is 0.236 e. The third-order valence-electron chi connectivity index (χ3n) is 3.07. The van der Waals surface area contributed by atoms with Crippen LogP contribution < -0.4 is 5.73 Å². The Morgan fingerprint density at radius 2 is 2.19 bits per heavy atom. The lowest BCUT2D eigenvalue weighted by atomic mass is 9.92. The summed E-state index contributed by atoms with van der Waals surface area (Å²) in [7, 11) is 0. The summed E-state index contributed by atoms with van der Waals surface area (Å²) in [5.74, 6) is 1.09. The van der Waals surface area contributed by atoms with Crippen molar-refractivity contribution >= 4 is 17.2 Å². The number of nitrogens with zero attached hydrogens (tertiary/aromatic N) is 4. The normalized spacial score (nSPS) is 12.0. The first-order valence-electron chi connectivity index (χ1n) is 6.63. The molecule has 0 saturated heterocycles. The van der Waals surface area contributed by atoms with Crippen molar-refractivity contribution in [2.45, 2.75) is 32.7 Å². The zero-order valence-electron chi connectivity index (χ0n) is 12.2. The Morgan fingerprint density at radius 3 is 2.86 bits per heavy atom. The van der Waals surface area contributed by atoms with E-state index in [1.807, 2.05) is 17.5 Å². The maximum absolute atomic E-state index is 5.93. The summed E-state index contributed by atoms with van der Waals surface area (Å²) in [6.45, 7) is 6.74. The van der Waals surface area contributed by atoms with E-state index in [9.17, 15) is 0 Å². The van der Waals surface area contributed by atoms with Crippen LogP contribution in [-0.4, -0.2) is 20.0 Å². The minimum absolute atomic E-state index is 0.131.